The van der Waals surface area contributed by atoms with E-state index in [9.17, 15) is 9.59 Å². The van der Waals surface area contributed by atoms with E-state index in [0.29, 0.717) is 0 Å². The Morgan fingerprint density at radius 2 is 0.933 bits per heavy atom. The topological polar surface area (TPSA) is 62.5 Å². The lowest BCUT2D eigenvalue weighted by atomic mass is 10.2. The molecular weight excluding hydrogens is 380 g/mol. The van der Waals surface area contributed by atoms with Crippen LogP contribution >= 0.6 is 0 Å². The predicted octanol–water partition coefficient (Wildman–Crippen LogP) is 4.05. The second-order valence-corrected chi connectivity index (χ2v) is 6.59. The fourth-order valence-electron chi connectivity index (χ4n) is 3.16. The number of esters is 2. The van der Waals surface area contributed by atoms with Gasteiger partial charge >= 0.3 is 11.9 Å². The van der Waals surface area contributed by atoms with E-state index in [1.165, 1.54) is 0 Å². The molecule has 0 amide bonds. The third-order valence-electron chi connectivity index (χ3n) is 4.63. The Morgan fingerprint density at radius 1 is 0.567 bits per heavy atom. The van der Waals surface area contributed by atoms with Crippen LogP contribution in [-0.2, 0) is 32.3 Å². The van der Waals surface area contributed by atoms with Crippen LogP contribution < -0.4 is 0 Å². The SMILES string of the molecule is O=C(OCc1ccccc1-n1cccc1)C(=O)OCc1ccccc1-n1cccc1. The summed E-state index contributed by atoms with van der Waals surface area (Å²) in [6.07, 6.45) is 7.60. The number of hydrogen-bond acceptors (Lipinski definition) is 4. The first-order valence-electron chi connectivity index (χ1n) is 9.49. The van der Waals surface area contributed by atoms with Crippen molar-refractivity contribution in [1.29, 1.82) is 0 Å². The molecule has 0 atom stereocenters. The first kappa shape index (κ1) is 19.3. The molecule has 0 aliphatic heterocycles. The molecule has 30 heavy (non-hydrogen) atoms. The summed E-state index contributed by atoms with van der Waals surface area (Å²) in [5.41, 5.74) is 3.33. The van der Waals surface area contributed by atoms with Crippen LogP contribution in [0.3, 0.4) is 0 Å². The van der Waals surface area contributed by atoms with Crippen molar-refractivity contribution in [2.24, 2.45) is 0 Å². The van der Waals surface area contributed by atoms with Crippen molar-refractivity contribution < 1.29 is 19.1 Å². The molecule has 150 valence electrons. The van der Waals surface area contributed by atoms with E-state index in [4.69, 9.17) is 9.47 Å². The van der Waals surface area contributed by atoms with Gasteiger partial charge in [0.1, 0.15) is 13.2 Å². The Labute approximate surface area is 173 Å². The molecule has 6 heteroatoms. The zero-order valence-electron chi connectivity index (χ0n) is 16.2. The molecule has 6 nitrogen and oxygen atoms in total. The molecule has 0 fully saturated rings. The Morgan fingerprint density at radius 3 is 1.33 bits per heavy atom. The van der Waals surface area contributed by atoms with Gasteiger partial charge in [0.25, 0.3) is 0 Å². The van der Waals surface area contributed by atoms with Crippen molar-refractivity contribution >= 4 is 11.9 Å². The normalized spacial score (nSPS) is 10.5. The van der Waals surface area contributed by atoms with Crippen molar-refractivity contribution in [2.75, 3.05) is 0 Å². The molecule has 0 bridgehead atoms. The van der Waals surface area contributed by atoms with Crippen LogP contribution in [0.2, 0.25) is 0 Å². The van der Waals surface area contributed by atoms with Gasteiger partial charge in [-0.15, -0.1) is 0 Å². The fourth-order valence-corrected chi connectivity index (χ4v) is 3.16. The Bertz CT molecular complexity index is 1040. The molecule has 2 heterocycles. The number of rotatable bonds is 6. The molecule has 2 aromatic heterocycles. The molecule has 0 radical (unpaired) electrons. The minimum absolute atomic E-state index is 0.0256. The summed E-state index contributed by atoms with van der Waals surface area (Å²) in [4.78, 5) is 24.3. The van der Waals surface area contributed by atoms with Gasteiger partial charge in [0.2, 0.25) is 0 Å². The quantitative estimate of drug-likeness (QED) is 0.362. The standard InChI is InChI=1S/C24H20N2O4/c27-23(29-17-19-9-1-3-11-21(19)25-13-5-6-14-25)24(28)30-18-20-10-2-4-12-22(20)26-15-7-8-16-26/h1-16H,17-18H2. The average molecular weight is 400 g/mol. The summed E-state index contributed by atoms with van der Waals surface area (Å²) in [6.45, 7) is -0.0511. The zero-order valence-corrected chi connectivity index (χ0v) is 16.2. The highest BCUT2D eigenvalue weighted by molar-refractivity contribution is 6.29. The monoisotopic (exact) mass is 400 g/mol. The first-order chi connectivity index (χ1) is 14.7. The molecule has 0 saturated carbocycles. The average Bonchev–Trinajstić information content (AvgIpc) is 3.50. The van der Waals surface area contributed by atoms with Crippen molar-refractivity contribution in [3.8, 4) is 11.4 Å². The van der Waals surface area contributed by atoms with Gasteiger partial charge in [-0.3, -0.25) is 0 Å². The van der Waals surface area contributed by atoms with Crippen LogP contribution in [0.15, 0.2) is 97.6 Å². The number of nitrogens with zero attached hydrogens (tertiary/aromatic N) is 2. The molecule has 0 aliphatic rings. The number of para-hydroxylation sites is 2. The third-order valence-corrected chi connectivity index (χ3v) is 4.63. The van der Waals surface area contributed by atoms with Crippen molar-refractivity contribution in [2.45, 2.75) is 13.2 Å². The van der Waals surface area contributed by atoms with Crippen molar-refractivity contribution in [3.63, 3.8) is 0 Å². The van der Waals surface area contributed by atoms with E-state index in [2.05, 4.69) is 0 Å². The van der Waals surface area contributed by atoms with E-state index in [1.54, 1.807) is 0 Å². The smallest absolute Gasteiger partial charge is 0.417 e. The zero-order chi connectivity index (χ0) is 20.8. The summed E-state index contributed by atoms with van der Waals surface area (Å²) in [6, 6.07) is 22.7. The minimum Gasteiger partial charge on any atom is -0.452 e. The highest BCUT2D eigenvalue weighted by Crippen LogP contribution is 2.17. The second kappa shape index (κ2) is 8.96. The van der Waals surface area contributed by atoms with Crippen LogP contribution in [0, 0.1) is 0 Å². The van der Waals surface area contributed by atoms with E-state index in [1.807, 2.05) is 107 Å². The van der Waals surface area contributed by atoms with Gasteiger partial charge in [-0.05, 0) is 36.4 Å². The number of ether oxygens (including phenoxy) is 2. The van der Waals surface area contributed by atoms with Gasteiger partial charge in [0.15, 0.2) is 0 Å². The van der Waals surface area contributed by atoms with E-state index in [0.717, 1.165) is 22.5 Å². The maximum absolute atomic E-state index is 12.1. The third kappa shape index (κ3) is 4.33. The van der Waals surface area contributed by atoms with E-state index < -0.39 is 11.9 Å². The maximum atomic E-state index is 12.1. The molecule has 0 aliphatic carbocycles. The van der Waals surface area contributed by atoms with Gasteiger partial charge in [-0.2, -0.15) is 0 Å². The Kier molecular flexibility index (Phi) is 5.75. The largest absolute Gasteiger partial charge is 0.452 e. The molecule has 4 rings (SSSR count). The lowest BCUT2D eigenvalue weighted by Crippen LogP contribution is -2.20. The molecule has 0 N–H and O–H groups in total. The molecule has 0 unspecified atom stereocenters. The summed E-state index contributed by atoms with van der Waals surface area (Å²) in [5.74, 6) is -2.04. The van der Waals surface area contributed by atoms with Crippen LogP contribution in [-0.4, -0.2) is 21.1 Å². The van der Waals surface area contributed by atoms with E-state index >= 15 is 0 Å². The molecule has 2 aromatic carbocycles. The van der Waals surface area contributed by atoms with Crippen molar-refractivity contribution in [3.05, 3.63) is 109 Å². The minimum atomic E-state index is -1.02. The molecule has 0 saturated heterocycles. The summed E-state index contributed by atoms with van der Waals surface area (Å²) >= 11 is 0. The van der Waals surface area contributed by atoms with Gasteiger partial charge in [0.05, 0.1) is 11.4 Å². The van der Waals surface area contributed by atoms with Crippen LogP contribution in [0.5, 0.6) is 0 Å². The highest BCUT2D eigenvalue weighted by Gasteiger charge is 2.19. The summed E-state index contributed by atoms with van der Waals surface area (Å²) in [7, 11) is 0. The maximum Gasteiger partial charge on any atom is 0.417 e. The summed E-state index contributed by atoms with van der Waals surface area (Å²) in [5, 5.41) is 0. The lowest BCUT2D eigenvalue weighted by molar-refractivity contribution is -0.169. The van der Waals surface area contributed by atoms with Crippen LogP contribution in [0.1, 0.15) is 11.1 Å². The second-order valence-electron chi connectivity index (χ2n) is 6.59. The van der Waals surface area contributed by atoms with E-state index in [-0.39, 0.29) is 13.2 Å². The fraction of sp³-hybridized carbons (Fsp3) is 0.0833. The molecular formula is C24H20N2O4. The first-order valence-corrected chi connectivity index (χ1v) is 9.49. The number of aromatic nitrogens is 2. The van der Waals surface area contributed by atoms with Crippen LogP contribution in [0.4, 0.5) is 0 Å². The Hall–Kier alpha value is -4.06. The molecule has 4 aromatic rings. The number of carbonyl (C=O) groups is 2. The number of hydrogen-bond donors (Lipinski definition) is 0. The highest BCUT2D eigenvalue weighted by atomic mass is 16.6. The number of benzene rings is 2. The Balaban J connectivity index is 1.37. The number of carbonyl (C=O) groups excluding carboxylic acids is 2. The van der Waals surface area contributed by atoms with Gasteiger partial charge in [0, 0.05) is 35.9 Å². The van der Waals surface area contributed by atoms with Gasteiger partial charge in [-0.25, -0.2) is 9.59 Å². The van der Waals surface area contributed by atoms with Crippen LogP contribution in [0.25, 0.3) is 11.4 Å². The molecule has 0 spiro atoms. The summed E-state index contributed by atoms with van der Waals surface area (Å²) < 4.78 is 14.2. The lowest BCUT2D eigenvalue weighted by Gasteiger charge is -2.12. The van der Waals surface area contributed by atoms with Gasteiger partial charge < -0.3 is 18.6 Å². The predicted molar refractivity (Wildman–Crippen MR) is 111 cm³/mol. The van der Waals surface area contributed by atoms with Crippen molar-refractivity contribution in [1.82, 2.24) is 9.13 Å². The van der Waals surface area contributed by atoms with Gasteiger partial charge in [-0.1, -0.05) is 36.4 Å².